The first-order valence-electron chi connectivity index (χ1n) is 8.17. The topological polar surface area (TPSA) is 28.7 Å². The molecule has 2 nitrogen and oxygen atoms in total. The largest absolute Gasteiger partial charge is 0.360 e. The Hall–Kier alpha value is -3.13. The van der Waals surface area contributed by atoms with E-state index in [-0.39, 0.29) is 0 Å². The van der Waals surface area contributed by atoms with E-state index in [9.17, 15) is 0 Å². The molecule has 2 aromatic heterocycles. The van der Waals surface area contributed by atoms with Gasteiger partial charge in [-0.1, -0.05) is 54.6 Å². The molecule has 5 rings (SSSR count). The maximum absolute atomic E-state index is 4.84. The van der Waals surface area contributed by atoms with E-state index >= 15 is 0 Å². The summed E-state index contributed by atoms with van der Waals surface area (Å²) in [5, 5.41) is 3.65. The summed E-state index contributed by atoms with van der Waals surface area (Å²) in [6.07, 6.45) is 2.13. The van der Waals surface area contributed by atoms with Gasteiger partial charge in [0.25, 0.3) is 0 Å². The Morgan fingerprint density at radius 2 is 1.33 bits per heavy atom. The smallest absolute Gasteiger partial charge is 0.0715 e. The summed E-state index contributed by atoms with van der Waals surface area (Å²) in [6, 6.07) is 23.2. The molecule has 1 N–H and O–H groups in total. The Kier molecular flexibility index (Phi) is 2.74. The molecule has 2 heterocycles. The van der Waals surface area contributed by atoms with E-state index < -0.39 is 0 Å². The third kappa shape index (κ3) is 1.80. The summed E-state index contributed by atoms with van der Waals surface area (Å²) >= 11 is 0. The Balaban J connectivity index is 2.01. The van der Waals surface area contributed by atoms with Crippen LogP contribution in [0.4, 0.5) is 0 Å². The van der Waals surface area contributed by atoms with Crippen molar-refractivity contribution < 1.29 is 0 Å². The number of benzene rings is 3. The number of aromatic nitrogens is 2. The van der Waals surface area contributed by atoms with Crippen LogP contribution >= 0.6 is 0 Å². The van der Waals surface area contributed by atoms with E-state index in [1.54, 1.807) is 0 Å². The average Bonchev–Trinajstić information content (AvgIpc) is 3.05. The van der Waals surface area contributed by atoms with E-state index in [4.69, 9.17) is 4.98 Å². The van der Waals surface area contributed by atoms with Crippen molar-refractivity contribution in [1.82, 2.24) is 9.97 Å². The fourth-order valence-corrected chi connectivity index (χ4v) is 3.64. The van der Waals surface area contributed by atoms with Crippen LogP contribution < -0.4 is 0 Å². The van der Waals surface area contributed by atoms with Gasteiger partial charge in [-0.05, 0) is 24.6 Å². The van der Waals surface area contributed by atoms with Crippen LogP contribution in [-0.4, -0.2) is 9.97 Å². The van der Waals surface area contributed by atoms with Gasteiger partial charge in [-0.2, -0.15) is 0 Å². The van der Waals surface area contributed by atoms with Gasteiger partial charge in [-0.3, -0.25) is 0 Å². The second-order valence-electron chi connectivity index (χ2n) is 6.22. The molecule has 0 aliphatic carbocycles. The van der Waals surface area contributed by atoms with E-state index in [0.29, 0.717) is 0 Å². The third-order valence-corrected chi connectivity index (χ3v) is 4.78. The Morgan fingerprint density at radius 3 is 2.04 bits per heavy atom. The molecular formula is C22H16N2. The highest BCUT2D eigenvalue weighted by Gasteiger charge is 2.14. The second kappa shape index (κ2) is 4.93. The first kappa shape index (κ1) is 13.3. The molecular weight excluding hydrogens is 292 g/mol. The zero-order valence-electron chi connectivity index (χ0n) is 13.4. The molecule has 24 heavy (non-hydrogen) atoms. The molecule has 2 heteroatoms. The van der Waals surface area contributed by atoms with Gasteiger partial charge in [0.15, 0.2) is 0 Å². The average molecular weight is 308 g/mol. The number of aryl methyl sites for hydroxylation is 1. The van der Waals surface area contributed by atoms with Crippen LogP contribution in [-0.2, 0) is 0 Å². The molecule has 0 aliphatic heterocycles. The molecule has 0 radical (unpaired) electrons. The van der Waals surface area contributed by atoms with Gasteiger partial charge in [-0.15, -0.1) is 0 Å². The first-order valence-corrected chi connectivity index (χ1v) is 8.17. The quantitative estimate of drug-likeness (QED) is 0.387. The van der Waals surface area contributed by atoms with Gasteiger partial charge in [0.2, 0.25) is 0 Å². The SMILES string of the molecule is Cc1cccc2c(-c3c4ccccc4nc4ccccc34)c[nH]c12. The monoisotopic (exact) mass is 308 g/mol. The normalized spacial score (nSPS) is 11.5. The van der Waals surface area contributed by atoms with Crippen molar-refractivity contribution >= 4 is 32.7 Å². The number of nitrogens with one attached hydrogen (secondary N) is 1. The van der Waals surface area contributed by atoms with Crippen LogP contribution in [0.2, 0.25) is 0 Å². The van der Waals surface area contributed by atoms with Gasteiger partial charge < -0.3 is 4.98 Å². The molecule has 0 saturated carbocycles. The number of aromatic amines is 1. The molecule has 3 aromatic carbocycles. The molecule has 114 valence electrons. The van der Waals surface area contributed by atoms with Gasteiger partial charge in [0.1, 0.15) is 0 Å². The van der Waals surface area contributed by atoms with Crippen LogP contribution in [0.25, 0.3) is 43.8 Å². The molecule has 0 bridgehead atoms. The predicted molar refractivity (Wildman–Crippen MR) is 101 cm³/mol. The van der Waals surface area contributed by atoms with Crippen molar-refractivity contribution in [2.24, 2.45) is 0 Å². The number of hydrogen-bond donors (Lipinski definition) is 1. The van der Waals surface area contributed by atoms with E-state index in [1.165, 1.54) is 38.4 Å². The number of para-hydroxylation sites is 3. The number of nitrogens with zero attached hydrogens (tertiary/aromatic N) is 1. The van der Waals surface area contributed by atoms with Crippen LogP contribution in [0.1, 0.15) is 5.56 Å². The Morgan fingerprint density at radius 1 is 0.708 bits per heavy atom. The third-order valence-electron chi connectivity index (χ3n) is 4.78. The highest BCUT2D eigenvalue weighted by atomic mass is 14.7. The highest BCUT2D eigenvalue weighted by molar-refractivity contribution is 6.14. The van der Waals surface area contributed by atoms with E-state index in [1.807, 2.05) is 12.1 Å². The predicted octanol–water partition coefficient (Wildman–Crippen LogP) is 5.84. The van der Waals surface area contributed by atoms with Crippen molar-refractivity contribution in [2.75, 3.05) is 0 Å². The van der Waals surface area contributed by atoms with Crippen molar-refractivity contribution in [1.29, 1.82) is 0 Å². The molecule has 0 unspecified atom stereocenters. The number of fused-ring (bicyclic) bond motifs is 3. The molecule has 0 atom stereocenters. The van der Waals surface area contributed by atoms with Gasteiger partial charge in [0, 0.05) is 39.0 Å². The minimum absolute atomic E-state index is 1.04. The van der Waals surface area contributed by atoms with E-state index in [0.717, 1.165) is 11.0 Å². The Labute approximate surface area is 139 Å². The zero-order chi connectivity index (χ0) is 16.1. The highest BCUT2D eigenvalue weighted by Crippen LogP contribution is 2.38. The summed E-state index contributed by atoms with van der Waals surface area (Å²) in [4.78, 5) is 8.30. The number of pyridine rings is 1. The van der Waals surface area contributed by atoms with Crippen LogP contribution in [0.3, 0.4) is 0 Å². The molecule has 0 aliphatic rings. The lowest BCUT2D eigenvalue weighted by atomic mass is 9.95. The molecule has 0 spiro atoms. The van der Waals surface area contributed by atoms with Crippen molar-refractivity contribution in [3.63, 3.8) is 0 Å². The van der Waals surface area contributed by atoms with Crippen LogP contribution in [0.15, 0.2) is 72.9 Å². The number of H-pyrrole nitrogens is 1. The van der Waals surface area contributed by atoms with E-state index in [2.05, 4.69) is 72.7 Å². The maximum atomic E-state index is 4.84. The van der Waals surface area contributed by atoms with Gasteiger partial charge in [0.05, 0.1) is 11.0 Å². The first-order chi connectivity index (χ1) is 11.8. The molecule has 0 fully saturated rings. The lowest BCUT2D eigenvalue weighted by Crippen LogP contribution is -1.88. The number of hydrogen-bond acceptors (Lipinski definition) is 1. The fourth-order valence-electron chi connectivity index (χ4n) is 3.64. The maximum Gasteiger partial charge on any atom is 0.0715 e. The minimum Gasteiger partial charge on any atom is -0.360 e. The summed E-state index contributed by atoms with van der Waals surface area (Å²) in [6.45, 7) is 2.14. The van der Waals surface area contributed by atoms with Gasteiger partial charge >= 0.3 is 0 Å². The zero-order valence-corrected chi connectivity index (χ0v) is 13.4. The van der Waals surface area contributed by atoms with Gasteiger partial charge in [-0.25, -0.2) is 4.98 Å². The second-order valence-corrected chi connectivity index (χ2v) is 6.22. The van der Waals surface area contributed by atoms with Crippen molar-refractivity contribution in [2.45, 2.75) is 6.92 Å². The van der Waals surface area contributed by atoms with Crippen molar-refractivity contribution in [3.8, 4) is 11.1 Å². The van der Waals surface area contributed by atoms with Crippen LogP contribution in [0.5, 0.6) is 0 Å². The minimum atomic E-state index is 1.04. The lowest BCUT2D eigenvalue weighted by molar-refractivity contribution is 1.42. The lowest BCUT2D eigenvalue weighted by Gasteiger charge is -2.10. The standard InChI is InChI=1S/C22H16N2/c1-14-7-6-10-15-18(13-23-22(14)15)21-16-8-2-4-11-19(16)24-20-12-5-3-9-17(20)21/h2-13,23H,1H3. The summed E-state index contributed by atoms with van der Waals surface area (Å²) in [7, 11) is 0. The summed E-state index contributed by atoms with van der Waals surface area (Å²) < 4.78 is 0. The molecule has 0 amide bonds. The summed E-state index contributed by atoms with van der Waals surface area (Å²) in [5.74, 6) is 0. The fraction of sp³-hybridized carbons (Fsp3) is 0.0455. The molecule has 0 saturated heterocycles. The molecule has 5 aromatic rings. The summed E-state index contributed by atoms with van der Waals surface area (Å²) in [5.41, 5.74) is 7.04. The number of rotatable bonds is 1. The Bertz CT molecular complexity index is 1160. The van der Waals surface area contributed by atoms with Crippen molar-refractivity contribution in [3.05, 3.63) is 78.5 Å². The van der Waals surface area contributed by atoms with Crippen LogP contribution in [0, 0.1) is 6.92 Å².